The van der Waals surface area contributed by atoms with Gasteiger partial charge >= 0.3 is 0 Å². The van der Waals surface area contributed by atoms with Crippen LogP contribution in [0.4, 0.5) is 0 Å². The molecule has 4 heteroatoms. The Bertz CT molecular complexity index is 592. The average molecular weight is 229 g/mol. The molecule has 0 saturated carbocycles. The number of hydrogen-bond acceptors (Lipinski definition) is 4. The van der Waals surface area contributed by atoms with Gasteiger partial charge in [0.25, 0.3) is 0 Å². The molecule has 1 aromatic carbocycles. The lowest BCUT2D eigenvalue weighted by Gasteiger charge is -2.24. The molecule has 17 heavy (non-hydrogen) atoms. The fraction of sp³-hybridized carbons (Fsp3) is 0.385. The highest BCUT2D eigenvalue weighted by Gasteiger charge is 2.27. The molecule has 1 heterocycles. The first-order valence-corrected chi connectivity index (χ1v) is 5.48. The van der Waals surface area contributed by atoms with Gasteiger partial charge in [-0.2, -0.15) is 5.26 Å². The number of fused-ring (bicyclic) bond motifs is 1. The third-order valence-electron chi connectivity index (χ3n) is 2.94. The van der Waals surface area contributed by atoms with Gasteiger partial charge in [0.2, 0.25) is 0 Å². The molecule has 0 aliphatic carbocycles. The Kier molecular flexibility index (Phi) is 2.64. The van der Waals surface area contributed by atoms with E-state index in [9.17, 15) is 0 Å². The van der Waals surface area contributed by atoms with Crippen molar-refractivity contribution in [2.75, 3.05) is 0 Å². The van der Waals surface area contributed by atoms with E-state index in [-0.39, 0.29) is 6.04 Å². The lowest BCUT2D eigenvalue weighted by Crippen LogP contribution is -2.27. The zero-order valence-electron chi connectivity index (χ0n) is 10.2. The summed E-state index contributed by atoms with van der Waals surface area (Å²) in [5, 5.41) is 9.08. The number of rotatable bonds is 2. The van der Waals surface area contributed by atoms with Crippen LogP contribution in [0, 0.1) is 23.7 Å². The second-order valence-electron chi connectivity index (χ2n) is 4.77. The third kappa shape index (κ3) is 2.02. The summed E-state index contributed by atoms with van der Waals surface area (Å²) in [5.74, 6) is 0.630. The monoisotopic (exact) mass is 229 g/mol. The van der Waals surface area contributed by atoms with Crippen molar-refractivity contribution in [1.82, 2.24) is 4.98 Å². The van der Waals surface area contributed by atoms with Crippen molar-refractivity contribution in [3.8, 4) is 6.07 Å². The predicted molar refractivity (Wildman–Crippen MR) is 65.1 cm³/mol. The van der Waals surface area contributed by atoms with Gasteiger partial charge in [-0.15, -0.1) is 0 Å². The standard InChI is InChI=1S/C13H15N3O/c1-8-16-10-5-4-9(6-11(10)17-8)12(15)13(2,3)7-14/h4-6,12H,15H2,1-3H3. The molecule has 1 aromatic heterocycles. The van der Waals surface area contributed by atoms with Crippen molar-refractivity contribution < 1.29 is 4.42 Å². The van der Waals surface area contributed by atoms with Crippen LogP contribution in [0.2, 0.25) is 0 Å². The minimum atomic E-state index is -0.608. The molecule has 2 aromatic rings. The molecule has 0 amide bonds. The van der Waals surface area contributed by atoms with Gasteiger partial charge in [-0.05, 0) is 31.5 Å². The molecule has 0 spiro atoms. The second kappa shape index (κ2) is 3.86. The number of benzene rings is 1. The molecule has 0 saturated heterocycles. The molecule has 1 atom stereocenters. The number of nitrogens with zero attached hydrogens (tertiary/aromatic N) is 2. The van der Waals surface area contributed by atoms with Crippen LogP contribution in [-0.4, -0.2) is 4.98 Å². The molecule has 0 aliphatic rings. The molecular weight excluding hydrogens is 214 g/mol. The maximum absolute atomic E-state index is 9.08. The minimum Gasteiger partial charge on any atom is -0.441 e. The summed E-state index contributed by atoms with van der Waals surface area (Å²) in [6.45, 7) is 5.46. The van der Waals surface area contributed by atoms with Crippen LogP contribution in [0.3, 0.4) is 0 Å². The highest BCUT2D eigenvalue weighted by Crippen LogP contribution is 2.31. The van der Waals surface area contributed by atoms with Crippen molar-refractivity contribution in [2.45, 2.75) is 26.8 Å². The molecule has 0 fully saturated rings. The van der Waals surface area contributed by atoms with Crippen molar-refractivity contribution >= 4 is 11.1 Å². The van der Waals surface area contributed by atoms with Crippen LogP contribution in [0.25, 0.3) is 11.1 Å². The maximum Gasteiger partial charge on any atom is 0.192 e. The van der Waals surface area contributed by atoms with Gasteiger partial charge in [0.15, 0.2) is 11.5 Å². The molecular formula is C13H15N3O. The number of nitriles is 1. The molecule has 4 nitrogen and oxygen atoms in total. The van der Waals surface area contributed by atoms with E-state index in [0.717, 1.165) is 11.1 Å². The topological polar surface area (TPSA) is 75.8 Å². The number of nitrogens with two attached hydrogens (primary N) is 1. The smallest absolute Gasteiger partial charge is 0.192 e. The van der Waals surface area contributed by atoms with Crippen LogP contribution in [-0.2, 0) is 0 Å². The first kappa shape index (κ1) is 11.6. The highest BCUT2D eigenvalue weighted by molar-refractivity contribution is 5.73. The van der Waals surface area contributed by atoms with Gasteiger partial charge in [-0.25, -0.2) is 4.98 Å². The quantitative estimate of drug-likeness (QED) is 0.858. The van der Waals surface area contributed by atoms with E-state index in [1.54, 1.807) is 6.92 Å². The van der Waals surface area contributed by atoms with E-state index in [1.807, 2.05) is 32.0 Å². The summed E-state index contributed by atoms with van der Waals surface area (Å²) in [5.41, 5.74) is 7.90. The number of aryl methyl sites for hydroxylation is 1. The summed E-state index contributed by atoms with van der Waals surface area (Å²) in [6, 6.07) is 7.50. The lowest BCUT2D eigenvalue weighted by atomic mass is 9.82. The Hall–Kier alpha value is -1.86. The van der Waals surface area contributed by atoms with Gasteiger partial charge in [0, 0.05) is 13.0 Å². The van der Waals surface area contributed by atoms with Crippen molar-refractivity contribution in [1.29, 1.82) is 5.26 Å². The van der Waals surface area contributed by atoms with E-state index in [1.165, 1.54) is 0 Å². The Morgan fingerprint density at radius 1 is 1.47 bits per heavy atom. The first-order chi connectivity index (χ1) is 7.94. The van der Waals surface area contributed by atoms with Crippen LogP contribution in [0.5, 0.6) is 0 Å². The zero-order chi connectivity index (χ0) is 12.6. The second-order valence-corrected chi connectivity index (χ2v) is 4.77. The maximum atomic E-state index is 9.08. The molecule has 88 valence electrons. The fourth-order valence-electron chi connectivity index (χ4n) is 1.74. The average Bonchev–Trinajstić information content (AvgIpc) is 2.66. The van der Waals surface area contributed by atoms with Crippen LogP contribution >= 0.6 is 0 Å². The summed E-state index contributed by atoms with van der Waals surface area (Å²) in [6.07, 6.45) is 0. The highest BCUT2D eigenvalue weighted by atomic mass is 16.3. The fourth-order valence-corrected chi connectivity index (χ4v) is 1.74. The summed E-state index contributed by atoms with van der Waals surface area (Å²) in [4.78, 5) is 4.22. The summed E-state index contributed by atoms with van der Waals surface area (Å²) < 4.78 is 5.46. The van der Waals surface area contributed by atoms with Gasteiger partial charge in [-0.1, -0.05) is 6.07 Å². The minimum absolute atomic E-state index is 0.345. The van der Waals surface area contributed by atoms with Crippen molar-refractivity contribution in [2.24, 2.45) is 11.1 Å². The van der Waals surface area contributed by atoms with E-state index in [4.69, 9.17) is 15.4 Å². The van der Waals surface area contributed by atoms with Crippen LogP contribution in [0.1, 0.15) is 31.3 Å². The Morgan fingerprint density at radius 3 is 2.82 bits per heavy atom. The number of oxazole rings is 1. The molecule has 1 unspecified atom stereocenters. The van der Waals surface area contributed by atoms with E-state index in [2.05, 4.69) is 11.1 Å². The van der Waals surface area contributed by atoms with Gasteiger partial charge in [0.05, 0.1) is 11.5 Å². The molecule has 2 N–H and O–H groups in total. The van der Waals surface area contributed by atoms with Crippen LogP contribution < -0.4 is 5.73 Å². The summed E-state index contributed by atoms with van der Waals surface area (Å²) >= 11 is 0. The Morgan fingerprint density at radius 2 is 2.18 bits per heavy atom. The van der Waals surface area contributed by atoms with Crippen molar-refractivity contribution in [3.63, 3.8) is 0 Å². The Balaban J connectivity index is 2.46. The van der Waals surface area contributed by atoms with E-state index >= 15 is 0 Å². The number of aromatic nitrogens is 1. The molecule has 0 radical (unpaired) electrons. The molecule has 0 bridgehead atoms. The largest absolute Gasteiger partial charge is 0.441 e. The zero-order valence-corrected chi connectivity index (χ0v) is 10.2. The van der Waals surface area contributed by atoms with Gasteiger partial charge in [-0.3, -0.25) is 0 Å². The lowest BCUT2D eigenvalue weighted by molar-refractivity contribution is 0.393. The third-order valence-corrected chi connectivity index (χ3v) is 2.94. The van der Waals surface area contributed by atoms with Crippen LogP contribution in [0.15, 0.2) is 22.6 Å². The van der Waals surface area contributed by atoms with E-state index in [0.29, 0.717) is 11.5 Å². The van der Waals surface area contributed by atoms with Gasteiger partial charge in [0.1, 0.15) is 5.52 Å². The number of hydrogen-bond donors (Lipinski definition) is 1. The molecule has 2 rings (SSSR count). The normalized spacial score (nSPS) is 13.6. The van der Waals surface area contributed by atoms with Gasteiger partial charge < -0.3 is 10.2 Å². The van der Waals surface area contributed by atoms with E-state index < -0.39 is 5.41 Å². The predicted octanol–water partition coefficient (Wildman–Crippen LogP) is 2.69. The summed E-state index contributed by atoms with van der Waals surface area (Å²) in [7, 11) is 0. The van der Waals surface area contributed by atoms with Crippen molar-refractivity contribution in [3.05, 3.63) is 29.7 Å². The molecule has 0 aliphatic heterocycles. The SMILES string of the molecule is Cc1nc2ccc(C(N)C(C)(C)C#N)cc2o1. The first-order valence-electron chi connectivity index (χ1n) is 5.48. The Labute approximate surface area is 100 Å².